The minimum Gasteiger partial charge on any atom is -0.488 e. The van der Waals surface area contributed by atoms with Gasteiger partial charge in [0.15, 0.2) is 9.84 Å². The fourth-order valence-electron chi connectivity index (χ4n) is 1.79. The van der Waals surface area contributed by atoms with Crippen molar-refractivity contribution in [3.63, 3.8) is 0 Å². The monoisotopic (exact) mass is 259 g/mol. The first-order chi connectivity index (χ1) is 7.96. The van der Waals surface area contributed by atoms with Crippen LogP contribution < -0.4 is 10.5 Å². The number of ether oxygens (including phenoxy) is 1. The summed E-state index contributed by atoms with van der Waals surface area (Å²) in [5.74, 6) is 0.272. The second-order valence-electron chi connectivity index (χ2n) is 4.15. The van der Waals surface area contributed by atoms with Gasteiger partial charge in [0.05, 0.1) is 17.2 Å². The van der Waals surface area contributed by atoms with Gasteiger partial charge in [0.25, 0.3) is 0 Å². The van der Waals surface area contributed by atoms with E-state index in [-0.39, 0.29) is 23.3 Å². The summed E-state index contributed by atoms with van der Waals surface area (Å²) >= 11 is 0. The normalized spacial score (nSPS) is 20.1. The molecule has 0 bridgehead atoms. The molecule has 1 aliphatic rings. The van der Waals surface area contributed by atoms with E-state index >= 15 is 0 Å². The molecule has 0 unspecified atom stereocenters. The molecule has 1 aliphatic heterocycles. The molecule has 94 valence electrons. The minimum atomic E-state index is -2.90. The lowest BCUT2D eigenvalue weighted by atomic mass is 10.2. The second kappa shape index (κ2) is 4.52. The van der Waals surface area contributed by atoms with E-state index in [0.29, 0.717) is 18.6 Å². The number of nitrogens with two attached hydrogens (primary N) is 1. The third-order valence-corrected chi connectivity index (χ3v) is 4.48. The van der Waals surface area contributed by atoms with Crippen LogP contribution in [0.2, 0.25) is 0 Å². The Hall–Kier alpha value is -1.30. The van der Waals surface area contributed by atoms with Crippen LogP contribution in [0.15, 0.2) is 18.2 Å². The van der Waals surface area contributed by atoms with Crippen molar-refractivity contribution in [2.24, 2.45) is 0 Å². The van der Waals surface area contributed by atoms with Gasteiger partial charge in [0, 0.05) is 6.07 Å². The van der Waals surface area contributed by atoms with Crippen molar-refractivity contribution in [2.75, 3.05) is 17.2 Å². The average molecular weight is 259 g/mol. The van der Waals surface area contributed by atoms with Crippen molar-refractivity contribution >= 4 is 15.5 Å². The first kappa shape index (κ1) is 12.2. The molecule has 0 aliphatic carbocycles. The van der Waals surface area contributed by atoms with Crippen molar-refractivity contribution in [3.05, 3.63) is 24.0 Å². The predicted molar refractivity (Wildman–Crippen MR) is 63.1 cm³/mol. The topological polar surface area (TPSA) is 69.4 Å². The van der Waals surface area contributed by atoms with E-state index in [9.17, 15) is 12.8 Å². The van der Waals surface area contributed by atoms with Crippen LogP contribution in [0.5, 0.6) is 5.75 Å². The highest BCUT2D eigenvalue weighted by atomic mass is 32.2. The maximum Gasteiger partial charge on any atom is 0.150 e. The summed E-state index contributed by atoms with van der Waals surface area (Å²) in [6.07, 6.45) is 0.754. The highest BCUT2D eigenvalue weighted by Crippen LogP contribution is 2.26. The van der Waals surface area contributed by atoms with Crippen LogP contribution in [0.1, 0.15) is 12.8 Å². The molecule has 2 N–H and O–H groups in total. The summed E-state index contributed by atoms with van der Waals surface area (Å²) in [5.41, 5.74) is 5.84. The fourth-order valence-corrected chi connectivity index (χ4v) is 3.24. The lowest BCUT2D eigenvalue weighted by Crippen LogP contribution is -2.30. The number of hydrogen-bond acceptors (Lipinski definition) is 4. The predicted octanol–water partition coefficient (Wildman–Crippen LogP) is 1.36. The highest BCUT2D eigenvalue weighted by Gasteiger charge is 2.25. The summed E-state index contributed by atoms with van der Waals surface area (Å²) in [4.78, 5) is 0. The van der Waals surface area contributed by atoms with Gasteiger partial charge in [0.2, 0.25) is 0 Å². The van der Waals surface area contributed by atoms with Gasteiger partial charge in [-0.3, -0.25) is 0 Å². The molecule has 6 heteroatoms. The SMILES string of the molecule is Nc1cc(F)ccc1OC1CCS(=O)(=O)CC1. The Balaban J connectivity index is 2.02. The van der Waals surface area contributed by atoms with Crippen molar-refractivity contribution in [1.29, 1.82) is 0 Å². The van der Waals surface area contributed by atoms with Gasteiger partial charge in [-0.1, -0.05) is 0 Å². The number of sulfone groups is 1. The smallest absolute Gasteiger partial charge is 0.150 e. The molecule has 1 saturated heterocycles. The summed E-state index contributed by atoms with van der Waals surface area (Å²) < 4.78 is 40.9. The molecule has 0 amide bonds. The zero-order valence-corrected chi connectivity index (χ0v) is 10.0. The van der Waals surface area contributed by atoms with Crippen LogP contribution in [-0.4, -0.2) is 26.0 Å². The van der Waals surface area contributed by atoms with Crippen LogP contribution in [0.3, 0.4) is 0 Å². The van der Waals surface area contributed by atoms with E-state index in [1.54, 1.807) is 0 Å². The second-order valence-corrected chi connectivity index (χ2v) is 6.45. The van der Waals surface area contributed by atoms with Gasteiger partial charge >= 0.3 is 0 Å². The number of hydrogen-bond donors (Lipinski definition) is 1. The van der Waals surface area contributed by atoms with Crippen molar-refractivity contribution in [3.8, 4) is 5.75 Å². The van der Waals surface area contributed by atoms with Crippen LogP contribution in [0.25, 0.3) is 0 Å². The molecule has 4 nitrogen and oxygen atoms in total. The van der Waals surface area contributed by atoms with Gasteiger partial charge < -0.3 is 10.5 Å². The Bertz CT molecular complexity index is 501. The quantitative estimate of drug-likeness (QED) is 0.814. The Kier molecular flexibility index (Phi) is 3.24. The molecular formula is C11H14FNO3S. The number of rotatable bonds is 2. The minimum absolute atomic E-state index is 0.138. The van der Waals surface area contributed by atoms with Gasteiger partial charge in [-0.2, -0.15) is 0 Å². The maximum absolute atomic E-state index is 12.8. The lowest BCUT2D eigenvalue weighted by molar-refractivity contribution is 0.190. The summed E-state index contributed by atoms with van der Waals surface area (Å²) in [5, 5.41) is 0. The molecule has 0 spiro atoms. The van der Waals surface area contributed by atoms with Gasteiger partial charge in [-0.15, -0.1) is 0 Å². The van der Waals surface area contributed by atoms with Crippen LogP contribution in [0, 0.1) is 5.82 Å². The lowest BCUT2D eigenvalue weighted by Gasteiger charge is -2.23. The molecule has 0 aromatic heterocycles. The Morgan fingerprint density at radius 3 is 2.53 bits per heavy atom. The number of nitrogen functional groups attached to an aromatic ring is 1. The largest absolute Gasteiger partial charge is 0.488 e. The summed E-state index contributed by atoms with van der Waals surface area (Å²) in [7, 11) is -2.90. The number of benzene rings is 1. The fraction of sp³-hybridized carbons (Fsp3) is 0.455. The van der Waals surface area contributed by atoms with E-state index in [1.807, 2.05) is 0 Å². The first-order valence-corrected chi connectivity index (χ1v) is 7.20. The molecule has 0 saturated carbocycles. The van der Waals surface area contributed by atoms with E-state index in [1.165, 1.54) is 18.2 Å². The Morgan fingerprint density at radius 1 is 1.29 bits per heavy atom. The summed E-state index contributed by atoms with van der Waals surface area (Å²) in [6, 6.07) is 3.92. The first-order valence-electron chi connectivity index (χ1n) is 5.38. The van der Waals surface area contributed by atoms with Crippen molar-refractivity contribution in [2.45, 2.75) is 18.9 Å². The number of halogens is 1. The van der Waals surface area contributed by atoms with E-state index in [2.05, 4.69) is 0 Å². The molecule has 17 heavy (non-hydrogen) atoms. The van der Waals surface area contributed by atoms with Crippen LogP contribution >= 0.6 is 0 Å². The summed E-state index contributed by atoms with van der Waals surface area (Å²) in [6.45, 7) is 0. The third kappa shape index (κ3) is 3.09. The third-order valence-electron chi connectivity index (χ3n) is 2.77. The highest BCUT2D eigenvalue weighted by molar-refractivity contribution is 7.91. The van der Waals surface area contributed by atoms with Crippen LogP contribution in [-0.2, 0) is 9.84 Å². The van der Waals surface area contributed by atoms with Crippen molar-refractivity contribution in [1.82, 2.24) is 0 Å². The van der Waals surface area contributed by atoms with Gasteiger partial charge in [0.1, 0.15) is 17.7 Å². The number of anilines is 1. The maximum atomic E-state index is 12.8. The molecule has 1 fully saturated rings. The van der Waals surface area contributed by atoms with Gasteiger partial charge in [-0.05, 0) is 25.0 Å². The molecule has 0 radical (unpaired) electrons. The van der Waals surface area contributed by atoms with Crippen LogP contribution in [0.4, 0.5) is 10.1 Å². The molecular weight excluding hydrogens is 245 g/mol. The average Bonchev–Trinajstić information content (AvgIpc) is 2.25. The molecule has 1 heterocycles. The standard InChI is InChI=1S/C11H14FNO3S/c12-8-1-2-11(10(13)7-8)16-9-3-5-17(14,15)6-4-9/h1-2,7,9H,3-6,13H2. The van der Waals surface area contributed by atoms with E-state index < -0.39 is 15.7 Å². The molecule has 1 aromatic rings. The molecule has 0 atom stereocenters. The van der Waals surface area contributed by atoms with E-state index in [0.717, 1.165) is 0 Å². The molecule has 2 rings (SSSR count). The Labute approximate surface area is 99.5 Å². The van der Waals surface area contributed by atoms with E-state index in [4.69, 9.17) is 10.5 Å². The Morgan fingerprint density at radius 2 is 1.94 bits per heavy atom. The molecule has 1 aromatic carbocycles. The van der Waals surface area contributed by atoms with Crippen molar-refractivity contribution < 1.29 is 17.5 Å². The zero-order chi connectivity index (χ0) is 12.5. The zero-order valence-electron chi connectivity index (χ0n) is 9.23. The van der Waals surface area contributed by atoms with Gasteiger partial charge in [-0.25, -0.2) is 12.8 Å².